The van der Waals surface area contributed by atoms with Crippen molar-refractivity contribution >= 4 is 33.1 Å². The molecule has 0 atom stereocenters. The fraction of sp³-hybridized carbons (Fsp3) is 0.105. The van der Waals surface area contributed by atoms with Crippen LogP contribution in [0.3, 0.4) is 0 Å². The molecule has 4 N–H and O–H groups in total. The van der Waals surface area contributed by atoms with Gasteiger partial charge in [0.25, 0.3) is 0 Å². The molecule has 0 saturated carbocycles. The van der Waals surface area contributed by atoms with E-state index >= 15 is 0 Å². The van der Waals surface area contributed by atoms with Gasteiger partial charge in [0.05, 0.1) is 4.90 Å². The number of rotatable bonds is 7. The lowest BCUT2D eigenvalue weighted by molar-refractivity contribution is 0.101. The van der Waals surface area contributed by atoms with Gasteiger partial charge in [-0.2, -0.15) is 0 Å². The van der Waals surface area contributed by atoms with E-state index in [1.807, 2.05) is 6.07 Å². The van der Waals surface area contributed by atoms with E-state index in [4.69, 9.17) is 5.14 Å². The maximum absolute atomic E-state index is 11.5. The zero-order valence-corrected chi connectivity index (χ0v) is 15.9. The lowest BCUT2D eigenvalue weighted by Crippen LogP contribution is -2.12. The largest absolute Gasteiger partial charge is 0.366 e. The van der Waals surface area contributed by atoms with E-state index in [1.165, 1.54) is 25.4 Å². The molecule has 0 fully saturated rings. The molecule has 0 bridgehead atoms. The van der Waals surface area contributed by atoms with Gasteiger partial charge in [0.2, 0.25) is 10.0 Å². The third-order valence-corrected chi connectivity index (χ3v) is 4.82. The van der Waals surface area contributed by atoms with Crippen molar-refractivity contribution in [1.82, 2.24) is 9.97 Å². The number of sulfonamides is 1. The Hall–Kier alpha value is -3.30. The maximum Gasteiger partial charge on any atom is 0.238 e. The number of nitrogens with two attached hydrogens (primary N) is 1. The van der Waals surface area contributed by atoms with Crippen LogP contribution in [0, 0.1) is 0 Å². The molecule has 28 heavy (non-hydrogen) atoms. The normalized spacial score (nSPS) is 11.1. The average Bonchev–Trinajstić information content (AvgIpc) is 2.66. The number of nitrogens with zero attached hydrogens (tertiary/aromatic N) is 2. The summed E-state index contributed by atoms with van der Waals surface area (Å²) in [4.78, 5) is 19.9. The van der Waals surface area contributed by atoms with E-state index in [0.29, 0.717) is 23.7 Å². The summed E-state index contributed by atoms with van der Waals surface area (Å²) in [6, 6.07) is 15.2. The van der Waals surface area contributed by atoms with Gasteiger partial charge in [-0.3, -0.25) is 4.79 Å². The number of Topliss-reactive ketones (excluding diaryl/α,β-unsaturated/α-hetero) is 1. The van der Waals surface area contributed by atoms with E-state index in [1.54, 1.807) is 36.4 Å². The molecule has 0 spiro atoms. The molecule has 1 aromatic heterocycles. The highest BCUT2D eigenvalue weighted by atomic mass is 32.2. The van der Waals surface area contributed by atoms with Crippen molar-refractivity contribution in [2.45, 2.75) is 18.4 Å². The SMILES string of the molecule is CC(=O)c1cccc(Nc2cc(NCc3cccc(S(N)(=O)=O)c3)ncn2)c1. The van der Waals surface area contributed by atoms with Crippen molar-refractivity contribution in [3.05, 3.63) is 72.1 Å². The fourth-order valence-corrected chi connectivity index (χ4v) is 3.10. The van der Waals surface area contributed by atoms with Crippen LogP contribution in [-0.2, 0) is 16.6 Å². The number of hydrogen-bond acceptors (Lipinski definition) is 7. The first kappa shape index (κ1) is 19.5. The number of primary sulfonamides is 1. The van der Waals surface area contributed by atoms with Crippen molar-refractivity contribution in [3.63, 3.8) is 0 Å². The minimum absolute atomic E-state index is 0.0181. The molecule has 0 aliphatic rings. The highest BCUT2D eigenvalue weighted by Crippen LogP contribution is 2.18. The number of carbonyl (C=O) groups is 1. The topological polar surface area (TPSA) is 127 Å². The molecule has 9 heteroatoms. The molecular formula is C19H19N5O3S. The van der Waals surface area contributed by atoms with Gasteiger partial charge < -0.3 is 10.6 Å². The summed E-state index contributed by atoms with van der Waals surface area (Å²) in [5.74, 6) is 1.09. The van der Waals surface area contributed by atoms with Crippen LogP contribution in [0.5, 0.6) is 0 Å². The van der Waals surface area contributed by atoms with Crippen LogP contribution in [0.25, 0.3) is 0 Å². The van der Waals surface area contributed by atoms with Crippen molar-refractivity contribution in [2.75, 3.05) is 10.6 Å². The van der Waals surface area contributed by atoms with Gasteiger partial charge in [0, 0.05) is 23.9 Å². The van der Waals surface area contributed by atoms with Gasteiger partial charge in [-0.25, -0.2) is 23.5 Å². The molecule has 0 saturated heterocycles. The van der Waals surface area contributed by atoms with Crippen molar-refractivity contribution in [2.24, 2.45) is 5.14 Å². The van der Waals surface area contributed by atoms with Gasteiger partial charge >= 0.3 is 0 Å². The first-order chi connectivity index (χ1) is 13.3. The molecule has 0 amide bonds. The van der Waals surface area contributed by atoms with Gasteiger partial charge in [-0.05, 0) is 36.8 Å². The van der Waals surface area contributed by atoms with E-state index in [9.17, 15) is 13.2 Å². The van der Waals surface area contributed by atoms with E-state index in [0.717, 1.165) is 11.3 Å². The molecular weight excluding hydrogens is 378 g/mol. The zero-order chi connectivity index (χ0) is 20.1. The number of carbonyl (C=O) groups excluding carboxylic acids is 1. The molecule has 3 aromatic rings. The van der Waals surface area contributed by atoms with Gasteiger partial charge in [-0.1, -0.05) is 24.3 Å². The molecule has 0 aliphatic heterocycles. The second kappa shape index (κ2) is 8.15. The third kappa shape index (κ3) is 5.12. The zero-order valence-electron chi connectivity index (χ0n) is 15.1. The summed E-state index contributed by atoms with van der Waals surface area (Å²) in [7, 11) is -3.75. The predicted molar refractivity (Wildman–Crippen MR) is 107 cm³/mol. The maximum atomic E-state index is 11.5. The minimum Gasteiger partial charge on any atom is -0.366 e. The summed E-state index contributed by atoms with van der Waals surface area (Å²) in [6.45, 7) is 1.87. The number of benzene rings is 2. The summed E-state index contributed by atoms with van der Waals surface area (Å²) in [5.41, 5.74) is 2.08. The van der Waals surface area contributed by atoms with E-state index in [2.05, 4.69) is 20.6 Å². The van der Waals surface area contributed by atoms with Crippen LogP contribution in [-0.4, -0.2) is 24.2 Å². The van der Waals surface area contributed by atoms with E-state index < -0.39 is 10.0 Å². The van der Waals surface area contributed by atoms with Crippen LogP contribution in [0.15, 0.2) is 65.8 Å². The summed E-state index contributed by atoms with van der Waals surface area (Å²) in [5, 5.41) is 11.4. The Morgan fingerprint density at radius 3 is 2.54 bits per heavy atom. The number of hydrogen-bond donors (Lipinski definition) is 3. The number of nitrogens with one attached hydrogen (secondary N) is 2. The molecule has 1 heterocycles. The highest BCUT2D eigenvalue weighted by molar-refractivity contribution is 7.89. The molecule has 8 nitrogen and oxygen atoms in total. The monoisotopic (exact) mass is 397 g/mol. The molecule has 0 aliphatic carbocycles. The Labute approximate surface area is 162 Å². The van der Waals surface area contributed by atoms with Crippen LogP contribution < -0.4 is 15.8 Å². The van der Waals surface area contributed by atoms with Crippen LogP contribution >= 0.6 is 0 Å². The fourth-order valence-electron chi connectivity index (χ4n) is 2.51. The van der Waals surface area contributed by atoms with Crippen LogP contribution in [0.1, 0.15) is 22.8 Å². The van der Waals surface area contributed by atoms with Gasteiger partial charge in [-0.15, -0.1) is 0 Å². The molecule has 144 valence electrons. The van der Waals surface area contributed by atoms with Gasteiger partial charge in [0.15, 0.2) is 5.78 Å². The van der Waals surface area contributed by atoms with Gasteiger partial charge in [0.1, 0.15) is 18.0 Å². The van der Waals surface area contributed by atoms with E-state index in [-0.39, 0.29) is 10.7 Å². The highest BCUT2D eigenvalue weighted by Gasteiger charge is 2.08. The smallest absolute Gasteiger partial charge is 0.238 e. The van der Waals surface area contributed by atoms with Crippen LogP contribution in [0.4, 0.5) is 17.3 Å². The number of aromatic nitrogens is 2. The minimum atomic E-state index is -3.75. The molecule has 3 rings (SSSR count). The second-order valence-corrected chi connectivity index (χ2v) is 7.66. The lowest BCUT2D eigenvalue weighted by atomic mass is 10.1. The quantitative estimate of drug-likeness (QED) is 0.523. The summed E-state index contributed by atoms with van der Waals surface area (Å²) in [6.07, 6.45) is 1.40. The Kier molecular flexibility index (Phi) is 5.67. The summed E-state index contributed by atoms with van der Waals surface area (Å²) < 4.78 is 22.9. The Bertz CT molecular complexity index is 1120. The average molecular weight is 397 g/mol. The first-order valence-corrected chi connectivity index (χ1v) is 9.91. The summed E-state index contributed by atoms with van der Waals surface area (Å²) >= 11 is 0. The Morgan fingerprint density at radius 2 is 1.79 bits per heavy atom. The first-order valence-electron chi connectivity index (χ1n) is 8.37. The molecule has 0 unspecified atom stereocenters. The van der Waals surface area contributed by atoms with Crippen LogP contribution in [0.2, 0.25) is 0 Å². The predicted octanol–water partition coefficient (Wildman–Crippen LogP) is 2.68. The molecule has 0 radical (unpaired) electrons. The lowest BCUT2D eigenvalue weighted by Gasteiger charge is -2.10. The number of ketones is 1. The Morgan fingerprint density at radius 1 is 1.04 bits per heavy atom. The number of anilines is 3. The van der Waals surface area contributed by atoms with Crippen molar-refractivity contribution in [3.8, 4) is 0 Å². The molecule has 2 aromatic carbocycles. The van der Waals surface area contributed by atoms with Crippen molar-refractivity contribution < 1.29 is 13.2 Å². The Balaban J connectivity index is 1.70. The standard InChI is InChI=1S/C19H19N5O3S/c1-13(25)15-5-3-6-16(9-15)24-19-10-18(22-12-23-19)21-11-14-4-2-7-17(8-14)28(20,26)27/h2-10,12H,11H2,1H3,(H2,20,26,27)(H2,21,22,23,24). The third-order valence-electron chi connectivity index (χ3n) is 3.91. The van der Waals surface area contributed by atoms with Crippen molar-refractivity contribution in [1.29, 1.82) is 0 Å². The second-order valence-electron chi connectivity index (χ2n) is 6.10.